The van der Waals surface area contributed by atoms with Crippen molar-refractivity contribution >= 4 is 27.8 Å². The van der Waals surface area contributed by atoms with Gasteiger partial charge in [0.1, 0.15) is 0 Å². The van der Waals surface area contributed by atoms with Crippen LogP contribution < -0.4 is 10.6 Å². The molecule has 0 spiro atoms. The summed E-state index contributed by atoms with van der Waals surface area (Å²) in [6, 6.07) is 26.1. The second kappa shape index (κ2) is 10.6. The van der Waals surface area contributed by atoms with Gasteiger partial charge in [-0.1, -0.05) is 48.5 Å². The number of aromatic nitrogens is 3. The Hall–Kier alpha value is -3.94. The number of nitrogens with one attached hydrogen (secondary N) is 2. The van der Waals surface area contributed by atoms with Gasteiger partial charge in [0.25, 0.3) is 0 Å². The largest absolute Gasteiger partial charge is 0.381 e. The van der Waals surface area contributed by atoms with E-state index >= 15 is 0 Å². The molecule has 0 radical (unpaired) electrons. The molecule has 6 rings (SSSR count). The first-order chi connectivity index (χ1) is 18.2. The van der Waals surface area contributed by atoms with Gasteiger partial charge in [0.15, 0.2) is 5.13 Å². The van der Waals surface area contributed by atoms with E-state index in [0.717, 1.165) is 59.5 Å². The van der Waals surface area contributed by atoms with Crippen LogP contribution in [0.5, 0.6) is 0 Å². The summed E-state index contributed by atoms with van der Waals surface area (Å²) in [6.45, 7) is 5.32. The topological polar surface area (TPSA) is 58.0 Å². The minimum absolute atomic E-state index is 0.455. The molecule has 1 fully saturated rings. The van der Waals surface area contributed by atoms with Gasteiger partial charge in [0.05, 0.1) is 12.0 Å². The maximum Gasteiger partial charge on any atom is 0.187 e. The molecule has 0 amide bonds. The fourth-order valence-corrected chi connectivity index (χ4v) is 5.54. The van der Waals surface area contributed by atoms with E-state index in [4.69, 9.17) is 4.98 Å². The summed E-state index contributed by atoms with van der Waals surface area (Å²) in [6.07, 6.45) is 6.68. The molecule has 3 aromatic carbocycles. The van der Waals surface area contributed by atoms with E-state index in [2.05, 4.69) is 106 Å². The van der Waals surface area contributed by atoms with Crippen molar-refractivity contribution in [2.24, 2.45) is 0 Å². The number of hydrogen-bond donors (Lipinski definition) is 2. The Morgan fingerprint density at radius 1 is 1.03 bits per heavy atom. The van der Waals surface area contributed by atoms with Gasteiger partial charge in [-0.15, -0.1) is 11.3 Å². The highest BCUT2D eigenvalue weighted by atomic mass is 32.1. The number of nitrogens with zero attached hydrogens (tertiary/aromatic N) is 4. The number of likely N-dealkylation sites (tertiary alicyclic amines) is 1. The molecule has 1 aliphatic rings. The highest BCUT2D eigenvalue weighted by molar-refractivity contribution is 7.14. The lowest BCUT2D eigenvalue weighted by Gasteiger charge is -2.18. The maximum absolute atomic E-state index is 4.85. The molecular formula is C30H30N6S. The normalized spacial score (nSPS) is 15.6. The van der Waals surface area contributed by atoms with Crippen LogP contribution in [0, 0.1) is 6.92 Å². The van der Waals surface area contributed by atoms with Crippen molar-refractivity contribution in [2.75, 3.05) is 23.7 Å². The standard InChI is InChI=1S/C30H30N6S/c1-22-7-10-25(32-26-13-15-35(19-26)18-23-5-3-2-4-6-23)17-28(22)33-30-34-29(20-37-30)24-8-11-27(12-9-24)36-16-14-31-21-36/h2-12,14,16-17,20-21,26,32H,13,15,18-19H2,1H3,(H,33,34). The van der Waals surface area contributed by atoms with Crippen molar-refractivity contribution in [3.05, 3.63) is 108 Å². The number of rotatable bonds is 8. The van der Waals surface area contributed by atoms with Gasteiger partial charge in [-0.05, 0) is 48.7 Å². The SMILES string of the molecule is Cc1ccc(NC2CCN(Cc3ccccc3)C2)cc1Nc1nc(-c2ccc(-n3ccnc3)cc2)cs1. The summed E-state index contributed by atoms with van der Waals surface area (Å²) in [5.41, 5.74) is 7.96. The van der Waals surface area contributed by atoms with Crippen LogP contribution in [0.3, 0.4) is 0 Å². The zero-order valence-corrected chi connectivity index (χ0v) is 21.7. The van der Waals surface area contributed by atoms with Crippen LogP contribution in [-0.2, 0) is 6.54 Å². The Morgan fingerprint density at radius 2 is 1.89 bits per heavy atom. The van der Waals surface area contributed by atoms with Crippen LogP contribution in [-0.4, -0.2) is 38.6 Å². The summed E-state index contributed by atoms with van der Waals surface area (Å²) >= 11 is 1.63. The molecular weight excluding hydrogens is 476 g/mol. The number of thiazole rings is 1. The van der Waals surface area contributed by atoms with Gasteiger partial charge in [0, 0.05) is 66.1 Å². The smallest absolute Gasteiger partial charge is 0.187 e. The Labute approximate surface area is 221 Å². The van der Waals surface area contributed by atoms with Crippen LogP contribution in [0.15, 0.2) is 96.9 Å². The van der Waals surface area contributed by atoms with Crippen LogP contribution in [0.4, 0.5) is 16.5 Å². The van der Waals surface area contributed by atoms with Crippen LogP contribution in [0.25, 0.3) is 16.9 Å². The Balaban J connectivity index is 1.09. The third-order valence-electron chi connectivity index (χ3n) is 6.84. The van der Waals surface area contributed by atoms with E-state index in [1.165, 1.54) is 11.1 Å². The Morgan fingerprint density at radius 3 is 2.70 bits per heavy atom. The molecule has 0 saturated carbocycles. The van der Waals surface area contributed by atoms with Crippen molar-refractivity contribution in [3.63, 3.8) is 0 Å². The summed E-state index contributed by atoms with van der Waals surface area (Å²) in [5.74, 6) is 0. The molecule has 37 heavy (non-hydrogen) atoms. The zero-order chi connectivity index (χ0) is 25.0. The van der Waals surface area contributed by atoms with E-state index in [1.54, 1.807) is 23.9 Å². The minimum atomic E-state index is 0.455. The van der Waals surface area contributed by atoms with Crippen LogP contribution in [0.2, 0.25) is 0 Å². The lowest BCUT2D eigenvalue weighted by Crippen LogP contribution is -2.26. The highest BCUT2D eigenvalue weighted by Gasteiger charge is 2.22. The Bertz CT molecular complexity index is 1440. The molecule has 2 aromatic heterocycles. The summed E-state index contributed by atoms with van der Waals surface area (Å²) < 4.78 is 1.99. The lowest BCUT2D eigenvalue weighted by atomic mass is 10.1. The molecule has 186 valence electrons. The van der Waals surface area contributed by atoms with E-state index in [0.29, 0.717) is 6.04 Å². The molecule has 5 aromatic rings. The second-order valence-electron chi connectivity index (χ2n) is 9.56. The average molecular weight is 507 g/mol. The Kier molecular flexibility index (Phi) is 6.71. The molecule has 6 nitrogen and oxygen atoms in total. The molecule has 1 atom stereocenters. The van der Waals surface area contributed by atoms with Crippen molar-refractivity contribution < 1.29 is 0 Å². The number of imidazole rings is 1. The predicted octanol–water partition coefficient (Wildman–Crippen LogP) is 6.73. The zero-order valence-electron chi connectivity index (χ0n) is 20.8. The van der Waals surface area contributed by atoms with Gasteiger partial charge in [-0.3, -0.25) is 4.90 Å². The molecule has 1 aliphatic heterocycles. The molecule has 2 N–H and O–H groups in total. The van der Waals surface area contributed by atoms with Gasteiger partial charge < -0.3 is 15.2 Å². The first-order valence-electron chi connectivity index (χ1n) is 12.6. The van der Waals surface area contributed by atoms with Gasteiger partial charge in [0.2, 0.25) is 0 Å². The predicted molar refractivity (Wildman–Crippen MR) is 153 cm³/mol. The molecule has 0 aliphatic carbocycles. The van der Waals surface area contributed by atoms with Gasteiger partial charge in [-0.2, -0.15) is 0 Å². The highest BCUT2D eigenvalue weighted by Crippen LogP contribution is 2.30. The first kappa shape index (κ1) is 23.5. The van der Waals surface area contributed by atoms with E-state index in [-0.39, 0.29) is 0 Å². The quantitative estimate of drug-likeness (QED) is 0.244. The lowest BCUT2D eigenvalue weighted by molar-refractivity contribution is 0.328. The van der Waals surface area contributed by atoms with Gasteiger partial charge >= 0.3 is 0 Å². The number of aryl methyl sites for hydroxylation is 1. The maximum atomic E-state index is 4.85. The molecule has 1 saturated heterocycles. The van der Waals surface area contributed by atoms with Crippen LogP contribution >= 0.6 is 11.3 Å². The van der Waals surface area contributed by atoms with Crippen molar-refractivity contribution in [1.82, 2.24) is 19.4 Å². The minimum Gasteiger partial charge on any atom is -0.381 e. The number of benzene rings is 3. The summed E-state index contributed by atoms with van der Waals surface area (Å²) in [7, 11) is 0. The summed E-state index contributed by atoms with van der Waals surface area (Å²) in [5, 5.41) is 10.3. The monoisotopic (exact) mass is 506 g/mol. The molecule has 3 heterocycles. The second-order valence-corrected chi connectivity index (χ2v) is 10.4. The number of anilines is 3. The fraction of sp³-hybridized carbons (Fsp3) is 0.200. The average Bonchev–Trinajstić information content (AvgIpc) is 3.70. The fourth-order valence-electron chi connectivity index (χ4n) is 4.81. The van der Waals surface area contributed by atoms with Crippen molar-refractivity contribution in [1.29, 1.82) is 0 Å². The van der Waals surface area contributed by atoms with Crippen molar-refractivity contribution in [2.45, 2.75) is 25.9 Å². The van der Waals surface area contributed by atoms with Crippen molar-refractivity contribution in [3.8, 4) is 16.9 Å². The van der Waals surface area contributed by atoms with E-state index in [9.17, 15) is 0 Å². The molecule has 0 bridgehead atoms. The third kappa shape index (κ3) is 5.58. The first-order valence-corrected chi connectivity index (χ1v) is 13.5. The van der Waals surface area contributed by atoms with E-state index < -0.39 is 0 Å². The number of hydrogen-bond acceptors (Lipinski definition) is 6. The third-order valence-corrected chi connectivity index (χ3v) is 7.60. The molecule has 1 unspecified atom stereocenters. The van der Waals surface area contributed by atoms with E-state index in [1.807, 2.05) is 10.8 Å². The summed E-state index contributed by atoms with van der Waals surface area (Å²) in [4.78, 5) is 11.5. The molecule has 7 heteroatoms. The van der Waals surface area contributed by atoms with Gasteiger partial charge in [-0.25, -0.2) is 9.97 Å². The van der Waals surface area contributed by atoms with Crippen LogP contribution in [0.1, 0.15) is 17.5 Å².